The Balaban J connectivity index is 1.50. The van der Waals surface area contributed by atoms with Crippen LogP contribution in [0.25, 0.3) is 0 Å². The van der Waals surface area contributed by atoms with Crippen molar-refractivity contribution >= 4 is 29.2 Å². The number of nitrogens with zero attached hydrogens (tertiary/aromatic N) is 3. The van der Waals surface area contributed by atoms with Crippen LogP contribution in [0.2, 0.25) is 0 Å². The fourth-order valence-corrected chi connectivity index (χ4v) is 3.82. The molecule has 0 fully saturated rings. The molecule has 1 aliphatic rings. The number of para-hydroxylation sites is 1. The number of benzene rings is 2. The summed E-state index contributed by atoms with van der Waals surface area (Å²) in [7, 11) is 1.28. The molecule has 2 aromatic carbocycles. The molecule has 0 saturated carbocycles. The molecule has 2 heterocycles. The number of carbonyl (C=O) groups is 3. The van der Waals surface area contributed by atoms with Gasteiger partial charge in [-0.25, -0.2) is 9.48 Å². The van der Waals surface area contributed by atoms with Crippen molar-refractivity contribution in [1.29, 1.82) is 0 Å². The molecule has 0 bridgehead atoms. The summed E-state index contributed by atoms with van der Waals surface area (Å²) < 4.78 is 5.60. The first-order valence-electron chi connectivity index (χ1n) is 10.3. The monoisotopic (exact) mass is 446 g/mol. The maximum atomic E-state index is 13.2. The van der Waals surface area contributed by atoms with Gasteiger partial charge in [-0.3, -0.25) is 14.4 Å². The number of amides is 2. The van der Waals surface area contributed by atoms with Gasteiger partial charge in [0, 0.05) is 23.5 Å². The minimum atomic E-state index is -0.502. The number of fused-ring (bicyclic) bond motifs is 1. The number of rotatable bonds is 5. The van der Waals surface area contributed by atoms with E-state index in [9.17, 15) is 19.2 Å². The van der Waals surface area contributed by atoms with Gasteiger partial charge >= 0.3 is 5.97 Å². The lowest BCUT2D eigenvalue weighted by molar-refractivity contribution is -0.117. The molecule has 9 heteroatoms. The highest BCUT2D eigenvalue weighted by atomic mass is 16.5. The molecule has 9 nitrogen and oxygen atoms in total. The molecule has 0 radical (unpaired) electrons. The van der Waals surface area contributed by atoms with Crippen LogP contribution in [0.5, 0.6) is 0 Å². The van der Waals surface area contributed by atoms with E-state index in [4.69, 9.17) is 0 Å². The molecule has 1 aromatic heterocycles. The average Bonchev–Trinajstić information content (AvgIpc) is 3.15. The lowest BCUT2D eigenvalue weighted by Gasteiger charge is -2.22. The summed E-state index contributed by atoms with van der Waals surface area (Å²) in [4.78, 5) is 51.1. The number of nitrogens with one attached hydrogen (secondary N) is 1. The topological polar surface area (TPSA) is 111 Å². The number of ether oxygens (including phenoxy) is 1. The third-order valence-corrected chi connectivity index (χ3v) is 5.39. The van der Waals surface area contributed by atoms with Gasteiger partial charge in [-0.15, -0.1) is 0 Å². The fourth-order valence-electron chi connectivity index (χ4n) is 3.82. The zero-order chi connectivity index (χ0) is 23.5. The third kappa shape index (κ3) is 4.52. The summed E-state index contributed by atoms with van der Waals surface area (Å²) in [5.74, 6) is -1.32. The third-order valence-electron chi connectivity index (χ3n) is 5.39. The van der Waals surface area contributed by atoms with E-state index < -0.39 is 17.4 Å². The summed E-state index contributed by atoms with van der Waals surface area (Å²) in [6, 6.07) is 16.3. The van der Waals surface area contributed by atoms with Gasteiger partial charge in [-0.2, -0.15) is 5.10 Å². The Morgan fingerprint density at radius 2 is 1.79 bits per heavy atom. The standard InChI is InChI=1S/C24H22N4O5/c1-15-13-17-5-3-4-6-20(17)28(15)23(31)19-11-12-22(30)27(26-19)14-21(29)25-18-9-7-16(8-10-18)24(32)33-2/h3-12,15H,13-14H2,1-2H3,(H,25,29). The summed E-state index contributed by atoms with van der Waals surface area (Å²) in [5, 5.41) is 6.78. The zero-order valence-corrected chi connectivity index (χ0v) is 18.1. The van der Waals surface area contributed by atoms with E-state index >= 15 is 0 Å². The first-order chi connectivity index (χ1) is 15.9. The predicted octanol–water partition coefficient (Wildman–Crippen LogP) is 2.26. The van der Waals surface area contributed by atoms with E-state index in [0.717, 1.165) is 22.4 Å². The maximum Gasteiger partial charge on any atom is 0.337 e. The highest BCUT2D eigenvalue weighted by Gasteiger charge is 2.32. The Bertz CT molecular complexity index is 1280. The molecule has 33 heavy (non-hydrogen) atoms. The van der Waals surface area contributed by atoms with Crippen LogP contribution in [0.4, 0.5) is 11.4 Å². The van der Waals surface area contributed by atoms with E-state index in [1.54, 1.807) is 17.0 Å². The SMILES string of the molecule is COC(=O)c1ccc(NC(=O)Cn2nc(C(=O)N3c4ccccc4CC3C)ccc2=O)cc1. The zero-order valence-electron chi connectivity index (χ0n) is 18.1. The molecule has 168 valence electrons. The van der Waals surface area contributed by atoms with Gasteiger partial charge in [0.15, 0.2) is 0 Å². The molecule has 1 aliphatic heterocycles. The van der Waals surface area contributed by atoms with Crippen molar-refractivity contribution < 1.29 is 19.1 Å². The van der Waals surface area contributed by atoms with E-state index in [1.165, 1.54) is 31.4 Å². The lowest BCUT2D eigenvalue weighted by atomic mass is 10.1. The Morgan fingerprint density at radius 3 is 2.52 bits per heavy atom. The molecule has 4 rings (SSSR count). The van der Waals surface area contributed by atoms with Crippen molar-refractivity contribution in [2.45, 2.75) is 25.9 Å². The van der Waals surface area contributed by atoms with Crippen molar-refractivity contribution in [3.8, 4) is 0 Å². The van der Waals surface area contributed by atoms with Crippen LogP contribution in [0.15, 0.2) is 65.5 Å². The van der Waals surface area contributed by atoms with Gasteiger partial charge in [0.2, 0.25) is 5.91 Å². The molecular formula is C24H22N4O5. The second kappa shape index (κ2) is 9.07. The molecule has 2 amide bonds. The lowest BCUT2D eigenvalue weighted by Crippen LogP contribution is -2.38. The van der Waals surface area contributed by atoms with E-state index in [2.05, 4.69) is 15.2 Å². The second-order valence-corrected chi connectivity index (χ2v) is 7.69. The van der Waals surface area contributed by atoms with Gasteiger partial charge in [0.1, 0.15) is 12.2 Å². The van der Waals surface area contributed by atoms with E-state index in [0.29, 0.717) is 11.3 Å². The normalized spacial score (nSPS) is 14.5. The molecular weight excluding hydrogens is 424 g/mol. The van der Waals surface area contributed by atoms with Crippen LogP contribution in [0, 0.1) is 0 Å². The number of aromatic nitrogens is 2. The smallest absolute Gasteiger partial charge is 0.337 e. The first-order valence-corrected chi connectivity index (χ1v) is 10.3. The molecule has 1 N–H and O–H groups in total. The highest BCUT2D eigenvalue weighted by molar-refractivity contribution is 6.06. The van der Waals surface area contributed by atoms with Crippen molar-refractivity contribution in [1.82, 2.24) is 9.78 Å². The number of carbonyl (C=O) groups excluding carboxylic acids is 3. The quantitative estimate of drug-likeness (QED) is 0.602. The second-order valence-electron chi connectivity index (χ2n) is 7.69. The summed E-state index contributed by atoms with van der Waals surface area (Å²) in [5.41, 5.74) is 2.26. The molecule has 1 atom stereocenters. The maximum absolute atomic E-state index is 13.2. The fraction of sp³-hybridized carbons (Fsp3) is 0.208. The largest absolute Gasteiger partial charge is 0.465 e. The van der Waals surface area contributed by atoms with E-state index in [-0.39, 0.29) is 24.2 Å². The van der Waals surface area contributed by atoms with Gasteiger partial charge in [0.05, 0.1) is 12.7 Å². The molecule has 1 unspecified atom stereocenters. The first kappa shape index (κ1) is 21.9. The van der Waals surface area contributed by atoms with Crippen LogP contribution in [0.1, 0.15) is 33.3 Å². The number of esters is 1. The highest BCUT2D eigenvalue weighted by Crippen LogP contribution is 2.32. The summed E-state index contributed by atoms with van der Waals surface area (Å²) >= 11 is 0. The van der Waals surface area contributed by atoms with Crippen LogP contribution < -0.4 is 15.8 Å². The van der Waals surface area contributed by atoms with Crippen LogP contribution in [0.3, 0.4) is 0 Å². The average molecular weight is 446 g/mol. The van der Waals surface area contributed by atoms with Crippen LogP contribution in [-0.2, 0) is 22.5 Å². The van der Waals surface area contributed by atoms with Crippen LogP contribution in [-0.4, -0.2) is 40.7 Å². The van der Waals surface area contributed by atoms with Crippen molar-refractivity contribution in [2.24, 2.45) is 0 Å². The molecule has 3 aromatic rings. The Labute approximate surface area is 189 Å². The van der Waals surface area contributed by atoms with Gasteiger partial charge in [-0.1, -0.05) is 18.2 Å². The Kier molecular flexibility index (Phi) is 6.03. The predicted molar refractivity (Wildman–Crippen MR) is 121 cm³/mol. The molecule has 0 aliphatic carbocycles. The van der Waals surface area contributed by atoms with Gasteiger partial charge in [0.25, 0.3) is 11.5 Å². The summed E-state index contributed by atoms with van der Waals surface area (Å²) in [6.45, 7) is 1.58. The molecule has 0 spiro atoms. The van der Waals surface area contributed by atoms with E-state index in [1.807, 2.05) is 31.2 Å². The van der Waals surface area contributed by atoms with Crippen LogP contribution >= 0.6 is 0 Å². The van der Waals surface area contributed by atoms with Crippen molar-refractivity contribution in [2.75, 3.05) is 17.3 Å². The Hall–Kier alpha value is -4.27. The number of anilines is 2. The Morgan fingerprint density at radius 1 is 1.06 bits per heavy atom. The van der Waals surface area contributed by atoms with Gasteiger partial charge in [-0.05, 0) is 55.3 Å². The van der Waals surface area contributed by atoms with Crippen molar-refractivity contribution in [3.05, 3.63) is 87.8 Å². The molecule has 0 saturated heterocycles. The van der Waals surface area contributed by atoms with Crippen molar-refractivity contribution in [3.63, 3.8) is 0 Å². The minimum absolute atomic E-state index is 0.0478. The number of methoxy groups -OCH3 is 1. The number of hydrogen-bond donors (Lipinski definition) is 1. The summed E-state index contributed by atoms with van der Waals surface area (Å²) in [6.07, 6.45) is 0.735. The number of hydrogen-bond acceptors (Lipinski definition) is 6. The minimum Gasteiger partial charge on any atom is -0.465 e. The van der Waals surface area contributed by atoms with Gasteiger partial charge < -0.3 is 15.0 Å².